The third-order valence-corrected chi connectivity index (χ3v) is 7.27. The first-order chi connectivity index (χ1) is 17.2. The fourth-order valence-corrected chi connectivity index (χ4v) is 5.13. The maximum atomic E-state index is 15.6. The van der Waals surface area contributed by atoms with Crippen LogP contribution in [0.1, 0.15) is 33.9 Å². The Balaban J connectivity index is 1.81. The van der Waals surface area contributed by atoms with Crippen LogP contribution in [0.25, 0.3) is 0 Å². The van der Waals surface area contributed by atoms with Crippen molar-refractivity contribution < 1.29 is 37.4 Å². The summed E-state index contributed by atoms with van der Waals surface area (Å²) in [5, 5.41) is 13.0. The molecule has 2 unspecified atom stereocenters. The predicted octanol–water partition coefficient (Wildman–Crippen LogP) is 2.60. The van der Waals surface area contributed by atoms with E-state index in [9.17, 15) is 19.3 Å². The van der Waals surface area contributed by atoms with E-state index in [1.165, 1.54) is 19.1 Å². The van der Waals surface area contributed by atoms with Crippen LogP contribution < -0.4 is 21.0 Å². The van der Waals surface area contributed by atoms with Gasteiger partial charge in [-0.05, 0) is 39.8 Å². The highest BCUT2D eigenvalue weighted by Gasteiger charge is 2.56. The molecule has 12 nitrogen and oxygen atoms in total. The number of para-hydroxylation sites is 1. The number of rotatable bonds is 10. The van der Waals surface area contributed by atoms with Crippen molar-refractivity contribution in [3.05, 3.63) is 52.0 Å². The summed E-state index contributed by atoms with van der Waals surface area (Å²) in [6.45, 7) is 5.07. The van der Waals surface area contributed by atoms with Crippen molar-refractivity contribution in [1.29, 1.82) is 0 Å². The Morgan fingerprint density at radius 2 is 2.03 bits per heavy atom. The molecule has 204 valence electrons. The molecule has 2 aromatic rings. The Bertz CT molecular complexity index is 1210. The summed E-state index contributed by atoms with van der Waals surface area (Å²) in [7, 11) is -4.31. The second kappa shape index (κ2) is 11.5. The number of aliphatic hydroxyl groups excluding tert-OH is 1. The molecule has 1 aromatic heterocycles. The fourth-order valence-electron chi connectivity index (χ4n) is 3.48. The van der Waals surface area contributed by atoms with Gasteiger partial charge in [-0.15, -0.1) is 0 Å². The molecule has 0 amide bonds. The van der Waals surface area contributed by atoms with Gasteiger partial charge in [0.05, 0.1) is 17.7 Å². The van der Waals surface area contributed by atoms with Gasteiger partial charge in [-0.25, -0.2) is 13.8 Å². The largest absolute Gasteiger partial charge is 0.462 e. The number of nitrogens with two attached hydrogens (primary N) is 1. The average Bonchev–Trinajstić information content (AvgIpc) is 3.03. The SMILES string of the molecule is CC(C)OC(=O)[C@@H](C)NP(=O)(OC[C@H]1OC(n2cc(Cl)c(N)nc2=O)[C@](C)(F)[C@@H]1O)Oc1ccccc1. The molecule has 6 atom stereocenters. The van der Waals surface area contributed by atoms with Gasteiger partial charge in [0.25, 0.3) is 0 Å². The number of aliphatic hydroxyl groups is 1. The number of esters is 1. The molecule has 3 rings (SSSR count). The van der Waals surface area contributed by atoms with Crippen molar-refractivity contribution in [2.24, 2.45) is 0 Å². The Labute approximate surface area is 217 Å². The van der Waals surface area contributed by atoms with Crippen LogP contribution in [-0.4, -0.2) is 57.3 Å². The number of hydrogen-bond donors (Lipinski definition) is 3. The van der Waals surface area contributed by atoms with Gasteiger partial charge in [0.15, 0.2) is 11.9 Å². The summed E-state index contributed by atoms with van der Waals surface area (Å²) in [5.74, 6) is -0.814. The zero-order valence-corrected chi connectivity index (χ0v) is 22.2. The van der Waals surface area contributed by atoms with Crippen LogP contribution in [0, 0.1) is 0 Å². The zero-order chi connectivity index (χ0) is 27.5. The van der Waals surface area contributed by atoms with Crippen molar-refractivity contribution in [3.8, 4) is 5.75 Å². The Morgan fingerprint density at radius 1 is 1.38 bits per heavy atom. The molecule has 1 saturated heterocycles. The quantitative estimate of drug-likeness (QED) is 0.288. The van der Waals surface area contributed by atoms with Gasteiger partial charge in [0.2, 0.25) is 0 Å². The number of halogens is 2. The number of aromatic nitrogens is 2. The van der Waals surface area contributed by atoms with E-state index in [-0.39, 0.29) is 16.6 Å². The molecular formula is C22H29ClFN4O8P. The third-order valence-electron chi connectivity index (χ3n) is 5.34. The second-order valence-corrected chi connectivity index (χ2v) is 10.9. The van der Waals surface area contributed by atoms with Gasteiger partial charge < -0.3 is 24.8 Å². The van der Waals surface area contributed by atoms with Crippen LogP contribution in [-0.2, 0) is 23.4 Å². The highest BCUT2D eigenvalue weighted by Crippen LogP contribution is 2.47. The summed E-state index contributed by atoms with van der Waals surface area (Å²) in [4.78, 5) is 28.1. The van der Waals surface area contributed by atoms with Crippen LogP contribution in [0.15, 0.2) is 41.3 Å². The molecule has 1 aliphatic heterocycles. The van der Waals surface area contributed by atoms with E-state index in [1.807, 2.05) is 0 Å². The number of alkyl halides is 1. The number of nitrogens with zero attached hydrogens (tertiary/aromatic N) is 2. The lowest BCUT2D eigenvalue weighted by Crippen LogP contribution is -2.43. The van der Waals surface area contributed by atoms with Gasteiger partial charge in [0, 0.05) is 6.20 Å². The molecule has 0 radical (unpaired) electrons. The second-order valence-electron chi connectivity index (χ2n) is 8.82. The van der Waals surface area contributed by atoms with Crippen molar-refractivity contribution in [2.45, 2.75) is 63.9 Å². The number of nitrogens with one attached hydrogen (secondary N) is 1. The van der Waals surface area contributed by atoms with E-state index in [2.05, 4.69) is 10.1 Å². The molecule has 1 aromatic carbocycles. The van der Waals surface area contributed by atoms with Gasteiger partial charge in [-0.1, -0.05) is 29.8 Å². The standard InChI is InChI=1S/C22H29ClFN4O8P/c1-12(2)34-19(30)13(3)27-37(32,36-14-8-6-5-7-9-14)33-11-16-17(29)22(4,24)20(35-16)28-10-15(23)18(25)26-21(28)31/h5-10,12-13,16-17,20,29H,11H2,1-4H3,(H,27,32)(H2,25,26,31)/t13-,16-,17-,20?,22-,37?/m1/s1. The van der Waals surface area contributed by atoms with Crippen LogP contribution >= 0.6 is 19.3 Å². The summed E-state index contributed by atoms with van der Waals surface area (Å²) in [6.07, 6.45) is -4.27. The summed E-state index contributed by atoms with van der Waals surface area (Å²) >= 11 is 5.92. The van der Waals surface area contributed by atoms with Crippen molar-refractivity contribution in [1.82, 2.24) is 14.6 Å². The number of nitrogen functional groups attached to an aromatic ring is 1. The Hall–Kier alpha value is -2.54. The maximum Gasteiger partial charge on any atom is 0.459 e. The zero-order valence-electron chi connectivity index (χ0n) is 20.5. The molecule has 4 N–H and O–H groups in total. The van der Waals surface area contributed by atoms with Crippen LogP contribution in [0.3, 0.4) is 0 Å². The summed E-state index contributed by atoms with van der Waals surface area (Å²) in [6, 6.07) is 6.86. The molecule has 37 heavy (non-hydrogen) atoms. The molecule has 0 bridgehead atoms. The van der Waals surface area contributed by atoms with Crippen molar-refractivity contribution in [3.63, 3.8) is 0 Å². The number of carbonyl (C=O) groups is 1. The minimum atomic E-state index is -4.31. The summed E-state index contributed by atoms with van der Waals surface area (Å²) < 4.78 is 51.6. The van der Waals surface area contributed by atoms with E-state index in [0.717, 1.165) is 17.7 Å². The van der Waals surface area contributed by atoms with E-state index < -0.39 is 62.3 Å². The Kier molecular flexibility index (Phi) is 8.99. The molecule has 1 aliphatic rings. The first kappa shape index (κ1) is 29.0. The van der Waals surface area contributed by atoms with Gasteiger partial charge in [-0.3, -0.25) is 13.9 Å². The molecule has 2 heterocycles. The monoisotopic (exact) mass is 562 g/mol. The molecule has 15 heteroatoms. The Morgan fingerprint density at radius 3 is 2.65 bits per heavy atom. The lowest BCUT2D eigenvalue weighted by molar-refractivity contribution is -0.149. The molecular weight excluding hydrogens is 534 g/mol. The fraction of sp³-hybridized carbons (Fsp3) is 0.500. The molecule has 0 aliphatic carbocycles. The van der Waals surface area contributed by atoms with E-state index in [0.29, 0.717) is 0 Å². The number of anilines is 1. The minimum absolute atomic E-state index is 0.125. The van der Waals surface area contributed by atoms with E-state index in [4.69, 9.17) is 35.9 Å². The van der Waals surface area contributed by atoms with Crippen LogP contribution in [0.2, 0.25) is 5.02 Å². The number of carbonyl (C=O) groups excluding carboxylic acids is 1. The molecule has 0 spiro atoms. The van der Waals surface area contributed by atoms with Crippen LogP contribution in [0.5, 0.6) is 5.75 Å². The van der Waals surface area contributed by atoms with Gasteiger partial charge in [0.1, 0.15) is 29.8 Å². The van der Waals surface area contributed by atoms with Crippen molar-refractivity contribution >= 4 is 31.1 Å². The van der Waals surface area contributed by atoms with E-state index >= 15 is 4.39 Å². The number of hydrogen-bond acceptors (Lipinski definition) is 10. The van der Waals surface area contributed by atoms with Crippen molar-refractivity contribution in [2.75, 3.05) is 12.3 Å². The lowest BCUT2D eigenvalue weighted by atomic mass is 9.98. The highest BCUT2D eigenvalue weighted by atomic mass is 35.5. The first-order valence-corrected chi connectivity index (χ1v) is 13.2. The minimum Gasteiger partial charge on any atom is -0.462 e. The first-order valence-electron chi connectivity index (χ1n) is 11.3. The predicted molar refractivity (Wildman–Crippen MR) is 132 cm³/mol. The molecule has 0 saturated carbocycles. The number of benzene rings is 1. The summed E-state index contributed by atoms with van der Waals surface area (Å²) in [5.41, 5.74) is 2.05. The normalized spacial score (nSPS) is 26.0. The third kappa shape index (κ3) is 6.86. The lowest BCUT2D eigenvalue weighted by Gasteiger charge is -2.25. The molecule has 1 fully saturated rings. The maximum absolute atomic E-state index is 15.6. The highest BCUT2D eigenvalue weighted by molar-refractivity contribution is 7.52. The smallest absolute Gasteiger partial charge is 0.459 e. The van der Waals surface area contributed by atoms with Crippen LogP contribution in [0.4, 0.5) is 10.2 Å². The average molecular weight is 563 g/mol. The van der Waals surface area contributed by atoms with Gasteiger partial charge in [-0.2, -0.15) is 10.1 Å². The van der Waals surface area contributed by atoms with Gasteiger partial charge >= 0.3 is 19.4 Å². The van der Waals surface area contributed by atoms with E-state index in [1.54, 1.807) is 32.0 Å². The topological polar surface area (TPSA) is 164 Å². The number of ether oxygens (including phenoxy) is 2.